The Hall–Kier alpha value is -1.82. The summed E-state index contributed by atoms with van der Waals surface area (Å²) >= 11 is 1.35. The monoisotopic (exact) mass is 347 g/mol. The lowest BCUT2D eigenvalue weighted by atomic mass is 10.2. The Morgan fingerprint density at radius 2 is 1.88 bits per heavy atom. The molecule has 0 radical (unpaired) electrons. The van der Waals surface area contributed by atoms with E-state index in [9.17, 15) is 9.59 Å². The summed E-state index contributed by atoms with van der Waals surface area (Å²) in [5.41, 5.74) is 0.587. The maximum absolute atomic E-state index is 12.7. The van der Waals surface area contributed by atoms with Crippen LogP contribution < -0.4 is 5.56 Å². The molecule has 1 heterocycles. The second-order valence-corrected chi connectivity index (χ2v) is 7.17. The van der Waals surface area contributed by atoms with E-state index in [4.69, 9.17) is 0 Å². The quantitative estimate of drug-likeness (QED) is 0.570. The minimum Gasteiger partial charge on any atom is -0.342 e. The third kappa shape index (κ3) is 3.98. The van der Waals surface area contributed by atoms with Crippen LogP contribution in [0.2, 0.25) is 0 Å². The molecule has 0 aliphatic carbocycles. The predicted molar refractivity (Wildman–Crippen MR) is 99.5 cm³/mol. The molecule has 1 atom stereocenters. The topological polar surface area (TPSA) is 55.2 Å². The number of hydrogen-bond acceptors (Lipinski definition) is 4. The average molecular weight is 347 g/mol. The van der Waals surface area contributed by atoms with Gasteiger partial charge in [0.05, 0.1) is 16.2 Å². The molecule has 0 N–H and O–H groups in total. The molecule has 0 aliphatic rings. The molecule has 1 aromatic heterocycles. The predicted octanol–water partition coefficient (Wildman–Crippen LogP) is 3.06. The van der Waals surface area contributed by atoms with Gasteiger partial charge in [0.1, 0.15) is 0 Å². The summed E-state index contributed by atoms with van der Waals surface area (Å²) in [6.07, 6.45) is 1.88. The zero-order valence-electron chi connectivity index (χ0n) is 14.8. The largest absolute Gasteiger partial charge is 0.342 e. The number of aromatic nitrogens is 2. The summed E-state index contributed by atoms with van der Waals surface area (Å²) in [4.78, 5) is 31.6. The Morgan fingerprint density at radius 3 is 2.50 bits per heavy atom. The van der Waals surface area contributed by atoms with Gasteiger partial charge in [-0.05, 0) is 31.9 Å². The second kappa shape index (κ2) is 8.33. The van der Waals surface area contributed by atoms with Gasteiger partial charge in [0.2, 0.25) is 5.91 Å². The van der Waals surface area contributed by atoms with Crippen LogP contribution >= 0.6 is 11.8 Å². The molecule has 2 aromatic rings. The van der Waals surface area contributed by atoms with Crippen LogP contribution in [0.1, 0.15) is 33.6 Å². The van der Waals surface area contributed by atoms with E-state index < -0.39 is 0 Å². The third-order valence-electron chi connectivity index (χ3n) is 3.87. The molecule has 1 amide bonds. The number of benzene rings is 1. The van der Waals surface area contributed by atoms with E-state index >= 15 is 0 Å². The molecule has 5 nitrogen and oxygen atoms in total. The van der Waals surface area contributed by atoms with Crippen LogP contribution in [0, 0.1) is 0 Å². The zero-order chi connectivity index (χ0) is 17.7. The summed E-state index contributed by atoms with van der Waals surface area (Å²) in [5.74, 6) is 0.103. The Labute approximate surface area is 147 Å². The average Bonchev–Trinajstić information content (AvgIpc) is 2.58. The molecule has 0 unspecified atom stereocenters. The Morgan fingerprint density at radius 1 is 1.25 bits per heavy atom. The molecule has 130 valence electrons. The van der Waals surface area contributed by atoms with Crippen LogP contribution in [0.4, 0.5) is 0 Å². The first-order chi connectivity index (χ1) is 11.5. The van der Waals surface area contributed by atoms with E-state index in [0.29, 0.717) is 16.1 Å². The maximum Gasteiger partial charge on any atom is 0.261 e. The number of rotatable bonds is 7. The number of amides is 1. The lowest BCUT2D eigenvalue weighted by Crippen LogP contribution is -2.38. The second-order valence-electron chi connectivity index (χ2n) is 5.86. The van der Waals surface area contributed by atoms with Crippen molar-refractivity contribution in [3.63, 3.8) is 0 Å². The molecular formula is C18H25N3O2S. The number of para-hydroxylation sites is 1. The van der Waals surface area contributed by atoms with E-state index in [-0.39, 0.29) is 16.7 Å². The van der Waals surface area contributed by atoms with Gasteiger partial charge in [0, 0.05) is 20.1 Å². The fraction of sp³-hybridized carbons (Fsp3) is 0.500. The molecule has 0 bridgehead atoms. The number of thioether (sulfide) groups is 1. The van der Waals surface area contributed by atoms with Crippen molar-refractivity contribution in [2.24, 2.45) is 7.05 Å². The molecule has 6 heteroatoms. The highest BCUT2D eigenvalue weighted by Gasteiger charge is 2.22. The molecule has 24 heavy (non-hydrogen) atoms. The van der Waals surface area contributed by atoms with Gasteiger partial charge in [-0.25, -0.2) is 4.98 Å². The zero-order valence-corrected chi connectivity index (χ0v) is 15.6. The van der Waals surface area contributed by atoms with E-state index in [1.807, 2.05) is 30.0 Å². The highest BCUT2D eigenvalue weighted by atomic mass is 32.2. The summed E-state index contributed by atoms with van der Waals surface area (Å²) in [5, 5.41) is 0.900. The summed E-state index contributed by atoms with van der Waals surface area (Å²) in [7, 11) is 1.71. The van der Waals surface area contributed by atoms with Crippen molar-refractivity contribution in [1.29, 1.82) is 0 Å². The van der Waals surface area contributed by atoms with Crippen LogP contribution in [-0.2, 0) is 11.8 Å². The van der Waals surface area contributed by atoms with Crippen molar-refractivity contribution < 1.29 is 4.79 Å². The van der Waals surface area contributed by atoms with Gasteiger partial charge in [-0.3, -0.25) is 14.2 Å². The number of nitrogens with zero attached hydrogens (tertiary/aromatic N) is 3. The molecule has 0 saturated heterocycles. The Bertz CT molecular complexity index is 766. The molecule has 1 aromatic carbocycles. The van der Waals surface area contributed by atoms with E-state index in [1.54, 1.807) is 13.1 Å². The van der Waals surface area contributed by atoms with Crippen LogP contribution in [0.3, 0.4) is 0 Å². The smallest absolute Gasteiger partial charge is 0.261 e. The van der Waals surface area contributed by atoms with Crippen molar-refractivity contribution in [3.8, 4) is 0 Å². The number of hydrogen-bond donors (Lipinski definition) is 0. The molecule has 0 saturated carbocycles. The fourth-order valence-electron chi connectivity index (χ4n) is 2.64. The van der Waals surface area contributed by atoms with Crippen molar-refractivity contribution in [1.82, 2.24) is 14.5 Å². The van der Waals surface area contributed by atoms with Crippen molar-refractivity contribution in [3.05, 3.63) is 34.6 Å². The van der Waals surface area contributed by atoms with E-state index in [2.05, 4.69) is 18.8 Å². The highest BCUT2D eigenvalue weighted by Crippen LogP contribution is 2.23. The minimum atomic E-state index is -0.276. The van der Waals surface area contributed by atoms with Crippen molar-refractivity contribution in [2.75, 3.05) is 13.1 Å². The lowest BCUT2D eigenvalue weighted by molar-refractivity contribution is -0.130. The van der Waals surface area contributed by atoms with Crippen LogP contribution in [-0.4, -0.2) is 38.7 Å². The van der Waals surface area contributed by atoms with Crippen LogP contribution in [0.5, 0.6) is 0 Å². The van der Waals surface area contributed by atoms with Gasteiger partial charge in [0.15, 0.2) is 5.16 Å². The summed E-state index contributed by atoms with van der Waals surface area (Å²) < 4.78 is 1.53. The lowest BCUT2D eigenvalue weighted by Gasteiger charge is -2.24. The van der Waals surface area contributed by atoms with Gasteiger partial charge in [-0.1, -0.05) is 37.7 Å². The molecule has 0 spiro atoms. The number of carbonyl (C=O) groups excluding carboxylic acids is 1. The minimum absolute atomic E-state index is 0.0817. The van der Waals surface area contributed by atoms with Gasteiger partial charge >= 0.3 is 0 Å². The van der Waals surface area contributed by atoms with Gasteiger partial charge in [-0.2, -0.15) is 0 Å². The molecule has 2 rings (SSSR count). The van der Waals surface area contributed by atoms with Crippen molar-refractivity contribution >= 4 is 28.6 Å². The number of carbonyl (C=O) groups is 1. The maximum atomic E-state index is 12.7. The fourth-order valence-corrected chi connectivity index (χ4v) is 3.60. The van der Waals surface area contributed by atoms with Crippen molar-refractivity contribution in [2.45, 2.75) is 44.0 Å². The molecule has 0 aliphatic heterocycles. The van der Waals surface area contributed by atoms with E-state index in [1.165, 1.54) is 16.3 Å². The van der Waals surface area contributed by atoms with Gasteiger partial charge in [-0.15, -0.1) is 0 Å². The highest BCUT2D eigenvalue weighted by molar-refractivity contribution is 8.00. The first-order valence-electron chi connectivity index (χ1n) is 8.40. The van der Waals surface area contributed by atoms with Crippen LogP contribution in [0.25, 0.3) is 10.9 Å². The Kier molecular flexibility index (Phi) is 6.43. The van der Waals surface area contributed by atoms with Gasteiger partial charge in [0.25, 0.3) is 5.56 Å². The Balaban J connectivity index is 2.26. The summed E-state index contributed by atoms with van der Waals surface area (Å²) in [6.45, 7) is 7.56. The SMILES string of the molecule is CCCN(CCC)C(=O)[C@H](C)Sc1nc2ccccc2c(=O)n1C. The number of fused-ring (bicyclic) bond motifs is 1. The van der Waals surface area contributed by atoms with E-state index in [0.717, 1.165) is 25.9 Å². The van der Waals surface area contributed by atoms with Gasteiger partial charge < -0.3 is 4.90 Å². The molecular weight excluding hydrogens is 322 g/mol. The summed E-state index contributed by atoms with van der Waals surface area (Å²) in [6, 6.07) is 7.30. The molecule has 0 fully saturated rings. The normalized spacial score (nSPS) is 12.3. The van der Waals surface area contributed by atoms with Crippen LogP contribution in [0.15, 0.2) is 34.2 Å². The standard InChI is InChI=1S/C18H25N3O2S/c1-5-11-21(12-6-2)16(22)13(3)24-18-19-15-10-8-7-9-14(15)17(23)20(18)4/h7-10,13H,5-6,11-12H2,1-4H3/t13-/m0/s1. The first kappa shape index (κ1) is 18.5. The first-order valence-corrected chi connectivity index (χ1v) is 9.28. The third-order valence-corrected chi connectivity index (χ3v) is 5.00.